The molecule has 1 aliphatic carbocycles. The summed E-state index contributed by atoms with van der Waals surface area (Å²) >= 11 is 0. The normalized spacial score (nSPS) is 44.0. The number of hydrogen-bond acceptors (Lipinski definition) is 2. The van der Waals surface area contributed by atoms with Crippen molar-refractivity contribution in [3.8, 4) is 0 Å². The summed E-state index contributed by atoms with van der Waals surface area (Å²) in [5, 5.41) is 3.71. The maximum atomic E-state index is 3.71. The van der Waals surface area contributed by atoms with Crippen LogP contribution in [0.3, 0.4) is 0 Å². The number of piperazine rings is 1. The Labute approximate surface area is 75.3 Å². The van der Waals surface area contributed by atoms with Crippen LogP contribution >= 0.6 is 0 Å². The molecule has 12 heavy (non-hydrogen) atoms. The molecule has 0 amide bonds. The molecule has 0 aromatic heterocycles. The van der Waals surface area contributed by atoms with Gasteiger partial charge in [0.1, 0.15) is 0 Å². The lowest BCUT2D eigenvalue weighted by atomic mass is 9.87. The van der Waals surface area contributed by atoms with Crippen LogP contribution in [-0.2, 0) is 0 Å². The maximum Gasteiger partial charge on any atom is 0.0247 e. The number of fused-ring (bicyclic) bond motifs is 1. The van der Waals surface area contributed by atoms with E-state index in [-0.39, 0.29) is 0 Å². The first-order chi connectivity index (χ1) is 5.77. The van der Waals surface area contributed by atoms with E-state index in [1.165, 1.54) is 32.2 Å². The first kappa shape index (κ1) is 8.52. The molecule has 2 heteroatoms. The molecule has 1 aliphatic heterocycles. The molecular formula is C10H20N2. The van der Waals surface area contributed by atoms with Crippen molar-refractivity contribution in [2.45, 2.75) is 50.7 Å². The number of rotatable bonds is 0. The van der Waals surface area contributed by atoms with E-state index in [1.54, 1.807) is 0 Å². The molecule has 2 nitrogen and oxygen atoms in total. The predicted molar refractivity (Wildman–Crippen MR) is 51.3 cm³/mol. The van der Waals surface area contributed by atoms with Crippen LogP contribution in [0, 0.1) is 0 Å². The van der Waals surface area contributed by atoms with Gasteiger partial charge in [0.15, 0.2) is 0 Å². The minimum Gasteiger partial charge on any atom is -0.309 e. The van der Waals surface area contributed by atoms with E-state index in [9.17, 15) is 0 Å². The molecule has 3 atom stereocenters. The minimum atomic E-state index is 0.689. The summed E-state index contributed by atoms with van der Waals surface area (Å²) in [6.07, 6.45) is 5.65. The SMILES string of the molecule is CC1CN(C)C2CCCCC2N1. The summed E-state index contributed by atoms with van der Waals surface area (Å²) in [4.78, 5) is 2.55. The van der Waals surface area contributed by atoms with E-state index in [2.05, 4.69) is 24.2 Å². The van der Waals surface area contributed by atoms with Gasteiger partial charge in [-0.15, -0.1) is 0 Å². The molecule has 0 spiro atoms. The third kappa shape index (κ3) is 1.50. The van der Waals surface area contributed by atoms with Gasteiger partial charge in [-0.05, 0) is 26.8 Å². The zero-order valence-corrected chi connectivity index (χ0v) is 8.21. The van der Waals surface area contributed by atoms with Crippen molar-refractivity contribution in [1.29, 1.82) is 0 Å². The summed E-state index contributed by atoms with van der Waals surface area (Å²) < 4.78 is 0. The molecule has 1 N–H and O–H groups in total. The second kappa shape index (κ2) is 3.35. The molecule has 1 saturated heterocycles. The van der Waals surface area contributed by atoms with Gasteiger partial charge >= 0.3 is 0 Å². The number of hydrogen-bond donors (Lipinski definition) is 1. The molecule has 0 aromatic carbocycles. The molecule has 0 radical (unpaired) electrons. The molecule has 2 rings (SSSR count). The summed E-state index contributed by atoms with van der Waals surface area (Å²) in [7, 11) is 2.28. The number of nitrogens with one attached hydrogen (secondary N) is 1. The Bertz CT molecular complexity index is 158. The van der Waals surface area contributed by atoms with Gasteiger partial charge in [0, 0.05) is 24.7 Å². The van der Waals surface area contributed by atoms with Gasteiger partial charge in [-0.25, -0.2) is 0 Å². The zero-order chi connectivity index (χ0) is 8.55. The summed E-state index contributed by atoms with van der Waals surface area (Å²) in [5.74, 6) is 0. The van der Waals surface area contributed by atoms with Gasteiger partial charge in [-0.1, -0.05) is 12.8 Å². The lowest BCUT2D eigenvalue weighted by Crippen LogP contribution is -2.61. The van der Waals surface area contributed by atoms with Crippen LogP contribution in [0.4, 0.5) is 0 Å². The van der Waals surface area contributed by atoms with E-state index in [4.69, 9.17) is 0 Å². The highest BCUT2D eigenvalue weighted by atomic mass is 15.2. The Hall–Kier alpha value is -0.0800. The van der Waals surface area contributed by atoms with Crippen molar-refractivity contribution in [3.05, 3.63) is 0 Å². The van der Waals surface area contributed by atoms with Crippen molar-refractivity contribution < 1.29 is 0 Å². The smallest absolute Gasteiger partial charge is 0.0247 e. The topological polar surface area (TPSA) is 15.3 Å². The highest BCUT2D eigenvalue weighted by molar-refractivity contribution is 4.93. The van der Waals surface area contributed by atoms with Crippen LogP contribution in [0.2, 0.25) is 0 Å². The van der Waals surface area contributed by atoms with Crippen LogP contribution in [0.25, 0.3) is 0 Å². The Balaban J connectivity index is 2.01. The Morgan fingerprint density at radius 2 is 2.00 bits per heavy atom. The van der Waals surface area contributed by atoms with Crippen molar-refractivity contribution in [2.24, 2.45) is 0 Å². The van der Waals surface area contributed by atoms with Crippen molar-refractivity contribution in [2.75, 3.05) is 13.6 Å². The van der Waals surface area contributed by atoms with Crippen LogP contribution in [0.15, 0.2) is 0 Å². The van der Waals surface area contributed by atoms with Crippen LogP contribution < -0.4 is 5.32 Å². The summed E-state index contributed by atoms with van der Waals surface area (Å²) in [6.45, 7) is 3.52. The highest BCUT2D eigenvalue weighted by Crippen LogP contribution is 2.25. The monoisotopic (exact) mass is 168 g/mol. The third-order valence-corrected chi connectivity index (χ3v) is 3.36. The van der Waals surface area contributed by atoms with E-state index >= 15 is 0 Å². The molecule has 2 aliphatic rings. The second-order valence-corrected chi connectivity index (χ2v) is 4.47. The lowest BCUT2D eigenvalue weighted by molar-refractivity contribution is 0.0897. The van der Waals surface area contributed by atoms with Crippen molar-refractivity contribution in [1.82, 2.24) is 10.2 Å². The Morgan fingerprint density at radius 1 is 1.25 bits per heavy atom. The van der Waals surface area contributed by atoms with Gasteiger partial charge in [-0.2, -0.15) is 0 Å². The van der Waals surface area contributed by atoms with Crippen LogP contribution in [-0.4, -0.2) is 36.6 Å². The lowest BCUT2D eigenvalue weighted by Gasteiger charge is -2.45. The zero-order valence-electron chi connectivity index (χ0n) is 8.21. The molecule has 1 saturated carbocycles. The maximum absolute atomic E-state index is 3.71. The van der Waals surface area contributed by atoms with E-state index in [1.807, 2.05) is 0 Å². The largest absolute Gasteiger partial charge is 0.309 e. The summed E-state index contributed by atoms with van der Waals surface area (Å²) in [6, 6.07) is 2.30. The van der Waals surface area contributed by atoms with Crippen molar-refractivity contribution in [3.63, 3.8) is 0 Å². The van der Waals surface area contributed by atoms with E-state index in [0.717, 1.165) is 12.1 Å². The third-order valence-electron chi connectivity index (χ3n) is 3.36. The fourth-order valence-electron chi connectivity index (χ4n) is 2.82. The molecule has 3 unspecified atom stereocenters. The van der Waals surface area contributed by atoms with Crippen LogP contribution in [0.1, 0.15) is 32.6 Å². The fourth-order valence-corrected chi connectivity index (χ4v) is 2.82. The molecule has 70 valence electrons. The summed E-state index contributed by atoms with van der Waals surface area (Å²) in [5.41, 5.74) is 0. The Kier molecular flexibility index (Phi) is 2.37. The number of likely N-dealkylation sites (N-methyl/N-ethyl adjacent to an activating group) is 1. The first-order valence-corrected chi connectivity index (χ1v) is 5.23. The highest BCUT2D eigenvalue weighted by Gasteiger charge is 2.33. The molecule has 1 heterocycles. The standard InChI is InChI=1S/C10H20N2/c1-8-7-12(2)10-6-4-3-5-9(10)11-8/h8-11H,3-7H2,1-2H3. The van der Waals surface area contributed by atoms with Gasteiger partial charge < -0.3 is 10.2 Å². The molecule has 0 bridgehead atoms. The average molecular weight is 168 g/mol. The van der Waals surface area contributed by atoms with Gasteiger partial charge in [0.05, 0.1) is 0 Å². The first-order valence-electron chi connectivity index (χ1n) is 5.23. The van der Waals surface area contributed by atoms with Gasteiger partial charge in [-0.3, -0.25) is 0 Å². The molecule has 2 fully saturated rings. The fraction of sp³-hybridized carbons (Fsp3) is 1.00. The van der Waals surface area contributed by atoms with Gasteiger partial charge in [0.25, 0.3) is 0 Å². The number of nitrogens with zero attached hydrogens (tertiary/aromatic N) is 1. The quantitative estimate of drug-likeness (QED) is 0.585. The van der Waals surface area contributed by atoms with Crippen LogP contribution in [0.5, 0.6) is 0 Å². The van der Waals surface area contributed by atoms with E-state index in [0.29, 0.717) is 6.04 Å². The predicted octanol–water partition coefficient (Wildman–Crippen LogP) is 1.22. The molecule has 0 aromatic rings. The van der Waals surface area contributed by atoms with Gasteiger partial charge in [0.2, 0.25) is 0 Å². The Morgan fingerprint density at radius 3 is 2.83 bits per heavy atom. The van der Waals surface area contributed by atoms with E-state index < -0.39 is 0 Å². The second-order valence-electron chi connectivity index (χ2n) is 4.47. The minimum absolute atomic E-state index is 0.689. The average Bonchev–Trinajstić information content (AvgIpc) is 2.04. The molecular weight excluding hydrogens is 148 g/mol. The van der Waals surface area contributed by atoms with Crippen molar-refractivity contribution >= 4 is 0 Å².